The Kier molecular flexibility index (Phi) is 5.09. The van der Waals surface area contributed by atoms with E-state index in [1.807, 2.05) is 36.1 Å². The van der Waals surface area contributed by atoms with Crippen LogP contribution in [-0.2, 0) is 17.9 Å². The van der Waals surface area contributed by atoms with Crippen LogP contribution in [0.15, 0.2) is 58.1 Å². The molecule has 1 aliphatic rings. The average molecular weight is 407 g/mol. The molecule has 1 amide bonds. The summed E-state index contributed by atoms with van der Waals surface area (Å²) in [6, 6.07) is 14.6. The second-order valence-electron chi connectivity index (χ2n) is 6.98. The minimum atomic E-state index is -0.825. The summed E-state index contributed by atoms with van der Waals surface area (Å²) in [6.07, 6.45) is 0. The van der Waals surface area contributed by atoms with Crippen LogP contribution in [0.2, 0.25) is 0 Å². The van der Waals surface area contributed by atoms with Gasteiger partial charge in [-0.1, -0.05) is 17.7 Å². The molecule has 3 aromatic rings. The van der Waals surface area contributed by atoms with Crippen LogP contribution in [0.4, 0.5) is 17.3 Å². The minimum absolute atomic E-state index is 0.327. The van der Waals surface area contributed by atoms with Crippen LogP contribution >= 0.6 is 0 Å². The van der Waals surface area contributed by atoms with Gasteiger partial charge in [-0.25, -0.2) is 4.68 Å². The third kappa shape index (κ3) is 3.69. The standard InChI is InChI=1S/C21H21N5O4/c1-14-3-5-15(6-4-14)22-18(27)13-26-20(29)19(28)25-12-11-24(21(25)23-26)16-7-9-17(30-2)10-8-16/h3-10H,11-13H2,1-2H3,(H,22,27). The Morgan fingerprint density at radius 1 is 1.03 bits per heavy atom. The molecule has 0 saturated carbocycles. The minimum Gasteiger partial charge on any atom is -0.497 e. The van der Waals surface area contributed by atoms with Crippen molar-refractivity contribution in [2.24, 2.45) is 0 Å². The van der Waals surface area contributed by atoms with Crippen molar-refractivity contribution in [3.63, 3.8) is 0 Å². The van der Waals surface area contributed by atoms with Crippen LogP contribution in [-0.4, -0.2) is 33.9 Å². The number of carbonyl (C=O) groups is 1. The molecule has 0 aliphatic carbocycles. The quantitative estimate of drug-likeness (QED) is 0.644. The predicted octanol–water partition coefficient (Wildman–Crippen LogP) is 1.51. The van der Waals surface area contributed by atoms with Crippen LogP contribution in [0.1, 0.15) is 5.56 Å². The summed E-state index contributed by atoms with van der Waals surface area (Å²) in [7, 11) is 1.58. The molecule has 30 heavy (non-hydrogen) atoms. The highest BCUT2D eigenvalue weighted by Crippen LogP contribution is 2.27. The molecule has 9 nitrogen and oxygen atoms in total. The van der Waals surface area contributed by atoms with E-state index in [-0.39, 0.29) is 6.54 Å². The Morgan fingerprint density at radius 2 is 1.73 bits per heavy atom. The number of aromatic nitrogens is 3. The number of rotatable bonds is 5. The van der Waals surface area contributed by atoms with Gasteiger partial charge in [-0.2, -0.15) is 0 Å². The zero-order valence-corrected chi connectivity index (χ0v) is 16.7. The highest BCUT2D eigenvalue weighted by molar-refractivity contribution is 5.90. The Labute approximate surface area is 172 Å². The van der Waals surface area contributed by atoms with Crippen molar-refractivity contribution in [1.82, 2.24) is 14.3 Å². The van der Waals surface area contributed by atoms with Crippen LogP contribution in [0.5, 0.6) is 5.75 Å². The zero-order valence-electron chi connectivity index (χ0n) is 16.7. The third-order valence-electron chi connectivity index (χ3n) is 4.92. The van der Waals surface area contributed by atoms with Crippen molar-refractivity contribution in [3.8, 4) is 5.75 Å². The fraction of sp³-hybridized carbons (Fsp3) is 0.238. The van der Waals surface area contributed by atoms with Crippen molar-refractivity contribution >= 4 is 23.2 Å². The molecule has 1 aliphatic heterocycles. The molecule has 2 aromatic carbocycles. The maximum atomic E-state index is 12.5. The van der Waals surface area contributed by atoms with Gasteiger partial charge in [0.05, 0.1) is 7.11 Å². The first-order valence-corrected chi connectivity index (χ1v) is 9.46. The lowest BCUT2D eigenvalue weighted by molar-refractivity contribution is -0.117. The molecule has 1 aromatic heterocycles. The van der Waals surface area contributed by atoms with E-state index in [2.05, 4.69) is 10.4 Å². The van der Waals surface area contributed by atoms with Gasteiger partial charge in [0, 0.05) is 24.5 Å². The van der Waals surface area contributed by atoms with Crippen molar-refractivity contribution in [2.75, 3.05) is 23.9 Å². The third-order valence-corrected chi connectivity index (χ3v) is 4.92. The van der Waals surface area contributed by atoms with E-state index in [1.54, 1.807) is 31.4 Å². The Bertz CT molecular complexity index is 1200. The number of benzene rings is 2. The van der Waals surface area contributed by atoms with Gasteiger partial charge in [0.2, 0.25) is 11.9 Å². The number of methoxy groups -OCH3 is 1. The fourth-order valence-corrected chi connectivity index (χ4v) is 3.31. The summed E-state index contributed by atoms with van der Waals surface area (Å²) in [5.41, 5.74) is 0.962. The number of nitrogens with zero attached hydrogens (tertiary/aromatic N) is 4. The molecule has 0 fully saturated rings. The Morgan fingerprint density at radius 3 is 2.40 bits per heavy atom. The highest BCUT2D eigenvalue weighted by Gasteiger charge is 2.26. The Hall–Kier alpha value is -3.88. The molecule has 9 heteroatoms. The Balaban J connectivity index is 1.61. The number of hydrogen-bond acceptors (Lipinski definition) is 6. The molecular weight excluding hydrogens is 386 g/mol. The first-order chi connectivity index (χ1) is 14.5. The summed E-state index contributed by atoms with van der Waals surface area (Å²) in [5, 5.41) is 7.02. The first kappa shape index (κ1) is 19.4. The van der Waals surface area contributed by atoms with E-state index >= 15 is 0 Å². The second-order valence-corrected chi connectivity index (χ2v) is 6.98. The molecular formula is C21H21N5O4. The summed E-state index contributed by atoms with van der Waals surface area (Å²) in [4.78, 5) is 39.2. The van der Waals surface area contributed by atoms with Crippen LogP contribution in [0.3, 0.4) is 0 Å². The van der Waals surface area contributed by atoms with E-state index in [0.717, 1.165) is 15.9 Å². The largest absolute Gasteiger partial charge is 0.497 e. The number of ether oxygens (including phenoxy) is 1. The number of anilines is 3. The number of fused-ring (bicyclic) bond motifs is 1. The molecule has 1 N–H and O–H groups in total. The number of aryl methyl sites for hydroxylation is 1. The van der Waals surface area contributed by atoms with Crippen molar-refractivity contribution in [3.05, 3.63) is 74.8 Å². The van der Waals surface area contributed by atoms with Crippen LogP contribution in [0.25, 0.3) is 0 Å². The topological polar surface area (TPSA) is 98.5 Å². The summed E-state index contributed by atoms with van der Waals surface area (Å²) in [5.74, 6) is 0.598. The SMILES string of the molecule is COc1ccc(N2CCn3c2nn(CC(=O)Nc2ccc(C)cc2)c(=O)c3=O)cc1. The van der Waals surface area contributed by atoms with Gasteiger partial charge >= 0.3 is 11.1 Å². The molecule has 0 saturated heterocycles. The van der Waals surface area contributed by atoms with E-state index in [9.17, 15) is 14.4 Å². The first-order valence-electron chi connectivity index (χ1n) is 9.46. The normalized spacial score (nSPS) is 12.5. The van der Waals surface area contributed by atoms with E-state index < -0.39 is 17.0 Å². The average Bonchev–Trinajstić information content (AvgIpc) is 3.17. The molecule has 0 bridgehead atoms. The van der Waals surface area contributed by atoms with Gasteiger partial charge in [-0.3, -0.25) is 19.0 Å². The molecule has 154 valence electrons. The number of amides is 1. The molecule has 0 spiro atoms. The van der Waals surface area contributed by atoms with Gasteiger partial charge in [0.25, 0.3) is 0 Å². The maximum absolute atomic E-state index is 12.5. The van der Waals surface area contributed by atoms with Crippen molar-refractivity contribution < 1.29 is 9.53 Å². The molecule has 0 atom stereocenters. The van der Waals surface area contributed by atoms with Crippen molar-refractivity contribution in [2.45, 2.75) is 20.0 Å². The van der Waals surface area contributed by atoms with Gasteiger partial charge in [0.1, 0.15) is 12.3 Å². The van der Waals surface area contributed by atoms with E-state index in [1.165, 1.54) is 4.57 Å². The van der Waals surface area contributed by atoms with Gasteiger partial charge in [0.15, 0.2) is 0 Å². The lowest BCUT2D eigenvalue weighted by Crippen LogP contribution is -2.44. The summed E-state index contributed by atoms with van der Waals surface area (Å²) >= 11 is 0. The number of carbonyl (C=O) groups excluding carboxylic acids is 1. The van der Waals surface area contributed by atoms with Crippen LogP contribution in [0, 0.1) is 6.92 Å². The summed E-state index contributed by atoms with van der Waals surface area (Å²) < 4.78 is 7.43. The lowest BCUT2D eigenvalue weighted by atomic mass is 10.2. The second kappa shape index (κ2) is 7.86. The molecule has 2 heterocycles. The fourth-order valence-electron chi connectivity index (χ4n) is 3.31. The van der Waals surface area contributed by atoms with Crippen LogP contribution < -0.4 is 26.1 Å². The monoisotopic (exact) mass is 407 g/mol. The molecule has 0 unspecified atom stereocenters. The van der Waals surface area contributed by atoms with Gasteiger partial charge < -0.3 is 15.0 Å². The lowest BCUT2D eigenvalue weighted by Gasteiger charge is -2.18. The predicted molar refractivity (Wildman–Crippen MR) is 113 cm³/mol. The zero-order chi connectivity index (χ0) is 21.3. The van der Waals surface area contributed by atoms with E-state index in [4.69, 9.17) is 4.74 Å². The highest BCUT2D eigenvalue weighted by atomic mass is 16.5. The number of hydrogen-bond donors (Lipinski definition) is 1. The van der Waals surface area contributed by atoms with Gasteiger partial charge in [-0.15, -0.1) is 5.10 Å². The van der Waals surface area contributed by atoms with Gasteiger partial charge in [-0.05, 0) is 43.3 Å². The maximum Gasteiger partial charge on any atom is 0.333 e. The van der Waals surface area contributed by atoms with E-state index in [0.29, 0.717) is 30.5 Å². The van der Waals surface area contributed by atoms with Crippen molar-refractivity contribution in [1.29, 1.82) is 0 Å². The molecule has 0 radical (unpaired) electrons. The summed E-state index contributed by atoms with van der Waals surface area (Å²) in [6.45, 7) is 2.43. The number of nitrogens with one attached hydrogen (secondary N) is 1. The smallest absolute Gasteiger partial charge is 0.333 e. The molecule has 4 rings (SSSR count).